The van der Waals surface area contributed by atoms with Crippen LogP contribution in [0, 0.1) is 6.92 Å². The number of ether oxygens (including phenoxy) is 1. The van der Waals surface area contributed by atoms with Gasteiger partial charge in [0.25, 0.3) is 0 Å². The van der Waals surface area contributed by atoms with Crippen LogP contribution in [-0.4, -0.2) is 22.3 Å². The van der Waals surface area contributed by atoms with Crippen molar-refractivity contribution in [1.29, 1.82) is 0 Å². The zero-order valence-corrected chi connectivity index (χ0v) is 25.2. The van der Waals surface area contributed by atoms with Crippen molar-refractivity contribution in [2.24, 2.45) is 0 Å². The summed E-state index contributed by atoms with van der Waals surface area (Å²) in [6.07, 6.45) is 2.35. The van der Waals surface area contributed by atoms with E-state index in [2.05, 4.69) is 44.8 Å². The minimum atomic E-state index is -4.29. The van der Waals surface area contributed by atoms with Crippen molar-refractivity contribution in [3.8, 4) is 16.3 Å². The number of hydrogen-bond acceptors (Lipinski definition) is 4. The van der Waals surface area contributed by atoms with Crippen molar-refractivity contribution in [3.05, 3.63) is 69.7 Å². The Bertz CT molecular complexity index is 1150. The summed E-state index contributed by atoms with van der Waals surface area (Å²) < 4.78 is 43.7. The number of hydrogen-bond donors (Lipinski definition) is 1. The van der Waals surface area contributed by atoms with Gasteiger partial charge in [0, 0.05) is 10.4 Å². The summed E-state index contributed by atoms with van der Waals surface area (Å²) in [6.45, 7) is 14.4. The third-order valence-electron chi connectivity index (χ3n) is 6.46. The number of aliphatic hydroxyl groups is 1. The molecule has 0 atom stereocenters. The number of alkyl halides is 3. The second-order valence-corrected chi connectivity index (χ2v) is 11.9. The van der Waals surface area contributed by atoms with E-state index in [0.29, 0.717) is 5.92 Å². The fraction of sp³-hybridized carbons (Fsp3) is 0.531. The van der Waals surface area contributed by atoms with Crippen LogP contribution in [0.2, 0.25) is 0 Å². The Morgan fingerprint density at radius 1 is 0.974 bits per heavy atom. The lowest BCUT2D eigenvalue weighted by atomic mass is 10.0. The van der Waals surface area contributed by atoms with E-state index >= 15 is 0 Å². The molecule has 0 aliphatic rings. The van der Waals surface area contributed by atoms with Gasteiger partial charge in [0.1, 0.15) is 16.4 Å². The van der Waals surface area contributed by atoms with Gasteiger partial charge in [0.15, 0.2) is 0 Å². The highest BCUT2D eigenvalue weighted by Gasteiger charge is 2.30. The van der Waals surface area contributed by atoms with Gasteiger partial charge in [0.2, 0.25) is 0 Å². The lowest BCUT2D eigenvalue weighted by Gasteiger charge is -2.25. The fourth-order valence-corrected chi connectivity index (χ4v) is 5.03. The largest absolute Gasteiger partial charge is 0.485 e. The van der Waals surface area contributed by atoms with Gasteiger partial charge in [-0.3, -0.25) is 0 Å². The van der Waals surface area contributed by atoms with E-state index in [1.165, 1.54) is 41.8 Å². The predicted molar refractivity (Wildman–Crippen MR) is 157 cm³/mol. The van der Waals surface area contributed by atoms with Gasteiger partial charge in [-0.05, 0) is 75.3 Å². The summed E-state index contributed by atoms with van der Waals surface area (Å²) in [4.78, 5) is 5.92. The Labute approximate surface area is 236 Å². The minimum Gasteiger partial charge on any atom is -0.485 e. The number of thiazole rings is 1. The Balaban J connectivity index is 0.000000293. The second kappa shape index (κ2) is 14.8. The molecule has 0 fully saturated rings. The summed E-state index contributed by atoms with van der Waals surface area (Å²) >= 11 is 1.60. The topological polar surface area (TPSA) is 42.4 Å². The molecule has 2 aromatic carbocycles. The van der Waals surface area contributed by atoms with Crippen molar-refractivity contribution in [3.63, 3.8) is 0 Å². The van der Waals surface area contributed by atoms with Crippen LogP contribution in [0.15, 0.2) is 42.5 Å². The lowest BCUT2D eigenvalue weighted by Crippen LogP contribution is -2.32. The van der Waals surface area contributed by atoms with E-state index < -0.39 is 17.3 Å². The molecule has 1 heterocycles. The van der Waals surface area contributed by atoms with Crippen LogP contribution in [0.3, 0.4) is 0 Å². The van der Waals surface area contributed by atoms with E-state index in [4.69, 9.17) is 9.84 Å². The number of benzene rings is 2. The van der Waals surface area contributed by atoms with Gasteiger partial charge in [-0.1, -0.05) is 71.2 Å². The summed E-state index contributed by atoms with van der Waals surface area (Å²) in [5.41, 5.74) is 3.16. The molecule has 0 bridgehead atoms. The highest BCUT2D eigenvalue weighted by atomic mass is 32.1. The number of rotatable bonds is 11. The molecule has 0 aliphatic carbocycles. The molecule has 0 unspecified atom stereocenters. The minimum absolute atomic E-state index is 0.0123. The average Bonchev–Trinajstić information content (AvgIpc) is 3.31. The first kappa shape index (κ1) is 32.8. The van der Waals surface area contributed by atoms with Crippen molar-refractivity contribution in [2.45, 2.75) is 105 Å². The van der Waals surface area contributed by atoms with E-state index in [9.17, 15) is 13.2 Å². The van der Waals surface area contributed by atoms with Crippen LogP contribution in [-0.2, 0) is 19.0 Å². The standard InChI is InChI=1S/C18H22F3NS.C14H22O2/c1-3-5-6-7-8-15-16(4-2)23-17(22-15)13-9-11-14(12-10-13)18(19,20)21;1-10(2)12-6-7-13(11(3)8-12)16-14(4,5)9-15/h9-12H,3-8H2,1-2H3;6-8,10,15H,9H2,1-5H3. The number of halogens is 3. The molecule has 0 saturated carbocycles. The Morgan fingerprint density at radius 2 is 1.64 bits per heavy atom. The van der Waals surface area contributed by atoms with Gasteiger partial charge in [-0.15, -0.1) is 11.3 Å². The number of unbranched alkanes of at least 4 members (excludes halogenated alkanes) is 3. The molecule has 0 aliphatic heterocycles. The summed E-state index contributed by atoms with van der Waals surface area (Å²) in [5, 5.41) is 9.98. The monoisotopic (exact) mass is 563 g/mol. The van der Waals surface area contributed by atoms with Crippen LogP contribution in [0.4, 0.5) is 13.2 Å². The third-order valence-corrected chi connectivity index (χ3v) is 7.75. The summed E-state index contributed by atoms with van der Waals surface area (Å²) in [5.74, 6) is 1.38. The van der Waals surface area contributed by atoms with Gasteiger partial charge < -0.3 is 9.84 Å². The molecule has 0 spiro atoms. The summed E-state index contributed by atoms with van der Waals surface area (Å²) in [7, 11) is 0. The Kier molecular flexibility index (Phi) is 12.5. The lowest BCUT2D eigenvalue weighted by molar-refractivity contribution is -0.137. The Hall–Kier alpha value is -2.38. The molecule has 7 heteroatoms. The normalized spacial score (nSPS) is 11.9. The molecule has 39 heavy (non-hydrogen) atoms. The van der Waals surface area contributed by atoms with Gasteiger partial charge >= 0.3 is 6.18 Å². The fourth-order valence-electron chi connectivity index (χ4n) is 3.98. The van der Waals surface area contributed by atoms with Gasteiger partial charge in [0.05, 0.1) is 17.9 Å². The SMILES string of the molecule is CCCCCCc1nc(-c2ccc(C(F)(F)F)cc2)sc1CC.Cc1cc(C(C)C)ccc1OC(C)(C)CO. The van der Waals surface area contributed by atoms with Crippen molar-refractivity contribution >= 4 is 11.3 Å². The molecule has 3 rings (SSSR count). The van der Waals surface area contributed by atoms with E-state index in [1.54, 1.807) is 11.3 Å². The maximum atomic E-state index is 12.6. The molecule has 216 valence electrons. The second-order valence-electron chi connectivity index (χ2n) is 10.8. The molecule has 3 aromatic rings. The van der Waals surface area contributed by atoms with Crippen LogP contribution in [0.1, 0.15) is 100 Å². The highest BCUT2D eigenvalue weighted by Crippen LogP contribution is 2.33. The van der Waals surface area contributed by atoms with Crippen molar-refractivity contribution in [1.82, 2.24) is 4.98 Å². The summed E-state index contributed by atoms with van der Waals surface area (Å²) in [6, 6.07) is 11.5. The molecular formula is C32H44F3NO2S. The van der Waals surface area contributed by atoms with Crippen molar-refractivity contribution < 1.29 is 23.0 Å². The van der Waals surface area contributed by atoms with Gasteiger partial charge in [-0.25, -0.2) is 4.98 Å². The highest BCUT2D eigenvalue weighted by molar-refractivity contribution is 7.15. The van der Waals surface area contributed by atoms with Crippen molar-refractivity contribution in [2.75, 3.05) is 6.61 Å². The van der Waals surface area contributed by atoms with Crippen LogP contribution < -0.4 is 4.74 Å². The maximum Gasteiger partial charge on any atom is 0.416 e. The van der Waals surface area contributed by atoms with E-state index in [-0.39, 0.29) is 6.61 Å². The number of aromatic nitrogens is 1. The molecule has 3 nitrogen and oxygen atoms in total. The first-order valence-corrected chi connectivity index (χ1v) is 14.7. The number of aliphatic hydroxyl groups excluding tert-OH is 1. The van der Waals surface area contributed by atoms with Crippen LogP contribution >= 0.6 is 11.3 Å². The van der Waals surface area contributed by atoms with Crippen LogP contribution in [0.5, 0.6) is 5.75 Å². The average molecular weight is 564 g/mol. The molecule has 0 saturated heterocycles. The first-order valence-electron chi connectivity index (χ1n) is 13.9. The molecular weight excluding hydrogens is 519 g/mol. The maximum absolute atomic E-state index is 12.6. The number of nitrogens with zero attached hydrogens (tertiary/aromatic N) is 1. The third kappa shape index (κ3) is 10.3. The molecule has 1 N–H and O–H groups in total. The quantitative estimate of drug-likeness (QED) is 0.236. The van der Waals surface area contributed by atoms with Gasteiger partial charge in [-0.2, -0.15) is 13.2 Å². The molecule has 1 aromatic heterocycles. The van der Waals surface area contributed by atoms with E-state index in [1.807, 2.05) is 26.8 Å². The smallest absolute Gasteiger partial charge is 0.416 e. The molecule has 0 amide bonds. The Morgan fingerprint density at radius 3 is 2.15 bits per heavy atom. The zero-order valence-electron chi connectivity index (χ0n) is 24.4. The zero-order chi connectivity index (χ0) is 29.2. The predicted octanol–water partition coefficient (Wildman–Crippen LogP) is 9.78. The van der Waals surface area contributed by atoms with Crippen LogP contribution in [0.25, 0.3) is 10.6 Å². The first-order chi connectivity index (χ1) is 18.3. The molecule has 0 radical (unpaired) electrons. The number of aryl methyl sites for hydroxylation is 3. The van der Waals surface area contributed by atoms with E-state index in [0.717, 1.165) is 59.0 Å².